The van der Waals surface area contributed by atoms with Crippen LogP contribution in [0.3, 0.4) is 0 Å². The second-order valence-corrected chi connectivity index (χ2v) is 6.69. The molecule has 0 aliphatic carbocycles. The number of nitrogens with zero attached hydrogens (tertiary/aromatic N) is 4. The number of carbonyl (C=O) groups is 1. The third-order valence-corrected chi connectivity index (χ3v) is 4.80. The number of aromatic nitrogens is 3. The molecule has 0 saturated carbocycles. The first-order valence-corrected chi connectivity index (χ1v) is 9.26. The maximum atomic E-state index is 13.0. The number of benzene rings is 2. The van der Waals surface area contributed by atoms with Gasteiger partial charge in [0.2, 0.25) is 5.88 Å². The Morgan fingerprint density at radius 3 is 2.60 bits per heavy atom. The molecule has 0 spiro atoms. The van der Waals surface area contributed by atoms with E-state index in [4.69, 9.17) is 0 Å². The zero-order valence-corrected chi connectivity index (χ0v) is 15.6. The zero-order chi connectivity index (χ0) is 20.5. The molecule has 5 aromatic rings. The van der Waals surface area contributed by atoms with E-state index in [0.29, 0.717) is 33.1 Å². The van der Waals surface area contributed by atoms with Gasteiger partial charge in [0.25, 0.3) is 5.91 Å². The van der Waals surface area contributed by atoms with E-state index < -0.39 is 5.91 Å². The van der Waals surface area contributed by atoms with E-state index in [1.807, 2.05) is 54.6 Å². The smallest absolute Gasteiger partial charge is 0.296 e. The van der Waals surface area contributed by atoms with E-state index in [1.54, 1.807) is 24.5 Å². The number of nitrogens with one attached hydrogen (secondary N) is 1. The third kappa shape index (κ3) is 3.08. The molecule has 30 heavy (non-hydrogen) atoms. The molecular formula is C23H15N5O2. The van der Waals surface area contributed by atoms with E-state index in [9.17, 15) is 9.90 Å². The Labute approximate surface area is 170 Å². The summed E-state index contributed by atoms with van der Waals surface area (Å²) in [5.41, 5.74) is 3.41. The van der Waals surface area contributed by atoms with Crippen molar-refractivity contribution < 1.29 is 9.90 Å². The van der Waals surface area contributed by atoms with Gasteiger partial charge in [-0.3, -0.25) is 9.78 Å². The van der Waals surface area contributed by atoms with E-state index in [1.165, 1.54) is 0 Å². The average molecular weight is 393 g/mol. The minimum atomic E-state index is -0.525. The van der Waals surface area contributed by atoms with E-state index >= 15 is 0 Å². The van der Waals surface area contributed by atoms with Gasteiger partial charge < -0.3 is 10.1 Å². The summed E-state index contributed by atoms with van der Waals surface area (Å²) in [6.07, 6.45) is 3.37. The summed E-state index contributed by atoms with van der Waals surface area (Å²) in [6.45, 7) is 0. The van der Waals surface area contributed by atoms with Crippen LogP contribution in [0, 0.1) is 0 Å². The summed E-state index contributed by atoms with van der Waals surface area (Å²) in [7, 11) is 0. The number of H-pyrrole nitrogens is 1. The summed E-state index contributed by atoms with van der Waals surface area (Å²) < 4.78 is 0. The second-order valence-electron chi connectivity index (χ2n) is 6.69. The monoisotopic (exact) mass is 393 g/mol. The van der Waals surface area contributed by atoms with Crippen molar-refractivity contribution in [1.29, 1.82) is 0 Å². The summed E-state index contributed by atoms with van der Waals surface area (Å²) in [6, 6.07) is 20.0. The predicted molar refractivity (Wildman–Crippen MR) is 114 cm³/mol. The normalized spacial score (nSPS) is 11.5. The molecule has 0 bridgehead atoms. The van der Waals surface area contributed by atoms with Crippen molar-refractivity contribution in [3.63, 3.8) is 0 Å². The van der Waals surface area contributed by atoms with Crippen LogP contribution in [0.4, 0.5) is 5.69 Å². The van der Waals surface area contributed by atoms with Gasteiger partial charge in [0.15, 0.2) is 5.69 Å². The van der Waals surface area contributed by atoms with E-state index in [0.717, 1.165) is 5.56 Å². The molecule has 144 valence electrons. The largest absolute Gasteiger partial charge is 0.493 e. The van der Waals surface area contributed by atoms with Crippen molar-refractivity contribution in [3.05, 3.63) is 84.7 Å². The van der Waals surface area contributed by atoms with Gasteiger partial charge in [-0.1, -0.05) is 36.4 Å². The number of hydrogen-bond donors (Lipinski definition) is 2. The number of aromatic hydroxyl groups is 1. The number of carbonyl (C=O) groups excluding carboxylic acids is 1. The molecule has 0 radical (unpaired) electrons. The molecule has 3 aromatic heterocycles. The van der Waals surface area contributed by atoms with Crippen molar-refractivity contribution in [2.45, 2.75) is 0 Å². The van der Waals surface area contributed by atoms with Crippen LogP contribution >= 0.6 is 0 Å². The first-order valence-electron chi connectivity index (χ1n) is 9.26. The SMILES string of the molecule is O=C(N=Nc1c(O)[nH]c2ccccc12)c1cc(-c2cccnc2)nc2ccccc12. The summed E-state index contributed by atoms with van der Waals surface area (Å²) in [5.74, 6) is -0.660. The van der Waals surface area contributed by atoms with Crippen LogP contribution in [0.1, 0.15) is 10.4 Å². The first-order chi connectivity index (χ1) is 14.7. The van der Waals surface area contributed by atoms with Crippen LogP contribution in [0.25, 0.3) is 33.1 Å². The minimum absolute atomic E-state index is 0.136. The lowest BCUT2D eigenvalue weighted by Crippen LogP contribution is -1.99. The van der Waals surface area contributed by atoms with Gasteiger partial charge in [0, 0.05) is 28.7 Å². The van der Waals surface area contributed by atoms with Gasteiger partial charge in [0.05, 0.1) is 22.3 Å². The molecule has 0 atom stereocenters. The Bertz CT molecular complexity index is 1420. The highest BCUT2D eigenvalue weighted by Crippen LogP contribution is 2.35. The number of fused-ring (bicyclic) bond motifs is 2. The fourth-order valence-corrected chi connectivity index (χ4v) is 3.38. The fourth-order valence-electron chi connectivity index (χ4n) is 3.38. The standard InChI is InChI=1S/C23H15N5O2/c29-22(28-27-21-16-8-2-4-10-19(16)26-23(21)30)17-12-20(14-6-5-11-24-13-14)25-18-9-3-1-7-15(17)18/h1-13,26,30H. The molecule has 2 N–H and O–H groups in total. The summed E-state index contributed by atoms with van der Waals surface area (Å²) in [5, 5.41) is 19.4. The molecule has 0 aliphatic heterocycles. The topological polar surface area (TPSA) is 104 Å². The van der Waals surface area contributed by atoms with Crippen LogP contribution in [0.5, 0.6) is 5.88 Å². The molecule has 1 amide bonds. The number of pyridine rings is 2. The van der Waals surface area contributed by atoms with E-state index in [2.05, 4.69) is 25.2 Å². The molecule has 0 saturated heterocycles. The minimum Gasteiger partial charge on any atom is -0.493 e. The van der Waals surface area contributed by atoms with Gasteiger partial charge in [-0.25, -0.2) is 4.98 Å². The molecule has 5 rings (SSSR count). The lowest BCUT2D eigenvalue weighted by Gasteiger charge is -2.07. The number of aromatic amines is 1. The predicted octanol–water partition coefficient (Wildman–Crippen LogP) is 5.41. The maximum Gasteiger partial charge on any atom is 0.296 e. The van der Waals surface area contributed by atoms with Crippen LogP contribution in [0.2, 0.25) is 0 Å². The molecule has 0 aliphatic rings. The molecule has 0 unspecified atom stereocenters. The Kier molecular flexibility index (Phi) is 4.25. The molecule has 0 fully saturated rings. The number of para-hydroxylation sites is 2. The Morgan fingerprint density at radius 1 is 0.967 bits per heavy atom. The zero-order valence-electron chi connectivity index (χ0n) is 15.6. The highest BCUT2D eigenvalue weighted by Gasteiger charge is 2.15. The third-order valence-electron chi connectivity index (χ3n) is 4.80. The highest BCUT2D eigenvalue weighted by molar-refractivity contribution is 6.07. The van der Waals surface area contributed by atoms with Gasteiger partial charge in [-0.05, 0) is 30.3 Å². The Balaban J connectivity index is 1.60. The van der Waals surface area contributed by atoms with Gasteiger partial charge >= 0.3 is 0 Å². The van der Waals surface area contributed by atoms with Crippen molar-refractivity contribution in [2.24, 2.45) is 10.2 Å². The van der Waals surface area contributed by atoms with Gasteiger partial charge in [0.1, 0.15) is 0 Å². The maximum absolute atomic E-state index is 13.0. The number of amides is 1. The lowest BCUT2D eigenvalue weighted by molar-refractivity contribution is 0.0996. The number of rotatable bonds is 3. The number of azo groups is 1. The van der Waals surface area contributed by atoms with Crippen LogP contribution < -0.4 is 0 Å². The fraction of sp³-hybridized carbons (Fsp3) is 0. The Hall–Kier alpha value is -4.39. The van der Waals surface area contributed by atoms with Crippen LogP contribution in [-0.2, 0) is 0 Å². The molecule has 7 heteroatoms. The highest BCUT2D eigenvalue weighted by atomic mass is 16.3. The van der Waals surface area contributed by atoms with Crippen LogP contribution in [0.15, 0.2) is 89.4 Å². The van der Waals surface area contributed by atoms with E-state index in [-0.39, 0.29) is 11.6 Å². The lowest BCUT2D eigenvalue weighted by atomic mass is 10.0. The number of hydrogen-bond acceptors (Lipinski definition) is 5. The van der Waals surface area contributed by atoms with Gasteiger partial charge in [-0.2, -0.15) is 0 Å². The van der Waals surface area contributed by atoms with Crippen molar-refractivity contribution >= 4 is 33.4 Å². The average Bonchev–Trinajstić information content (AvgIpc) is 3.12. The first kappa shape index (κ1) is 17.7. The molecule has 2 aromatic carbocycles. The van der Waals surface area contributed by atoms with Crippen molar-refractivity contribution in [2.75, 3.05) is 0 Å². The molecular weight excluding hydrogens is 378 g/mol. The Morgan fingerprint density at radius 2 is 1.77 bits per heavy atom. The molecule has 3 heterocycles. The second kappa shape index (κ2) is 7.21. The van der Waals surface area contributed by atoms with Crippen molar-refractivity contribution in [3.8, 4) is 17.1 Å². The van der Waals surface area contributed by atoms with Crippen molar-refractivity contribution in [1.82, 2.24) is 15.0 Å². The van der Waals surface area contributed by atoms with Crippen LogP contribution in [-0.4, -0.2) is 26.0 Å². The quantitative estimate of drug-likeness (QED) is 0.400. The van der Waals surface area contributed by atoms with Gasteiger partial charge in [-0.15, -0.1) is 10.2 Å². The summed E-state index contributed by atoms with van der Waals surface area (Å²) >= 11 is 0. The molecule has 7 nitrogen and oxygen atoms in total. The summed E-state index contributed by atoms with van der Waals surface area (Å²) in [4.78, 5) is 24.6.